The summed E-state index contributed by atoms with van der Waals surface area (Å²) in [7, 11) is 0. The average molecular weight is 285 g/mol. The number of nitriles is 1. The van der Waals surface area contributed by atoms with E-state index in [1.165, 1.54) is 11.1 Å². The van der Waals surface area contributed by atoms with E-state index >= 15 is 0 Å². The molecule has 0 bridgehead atoms. The maximum atomic E-state index is 8.81. The molecule has 1 N–H and O–H groups in total. The maximum Gasteiger partial charge on any atom is 0.0991 e. The van der Waals surface area contributed by atoms with E-state index in [0.717, 1.165) is 5.02 Å². The highest BCUT2D eigenvalue weighted by Gasteiger charge is 2.11. The number of nitrogens with zero attached hydrogens (tertiary/aromatic N) is 1. The van der Waals surface area contributed by atoms with Gasteiger partial charge in [0.05, 0.1) is 11.6 Å². The highest BCUT2D eigenvalue weighted by Crippen LogP contribution is 2.21. The molecule has 0 amide bonds. The van der Waals surface area contributed by atoms with E-state index in [-0.39, 0.29) is 12.1 Å². The fourth-order valence-corrected chi connectivity index (χ4v) is 2.29. The Labute approximate surface area is 125 Å². The molecule has 0 fully saturated rings. The van der Waals surface area contributed by atoms with Crippen LogP contribution in [0.15, 0.2) is 48.5 Å². The van der Waals surface area contributed by atoms with Crippen LogP contribution in [0.4, 0.5) is 0 Å². The molecule has 0 radical (unpaired) electrons. The Morgan fingerprint density at radius 1 is 0.900 bits per heavy atom. The minimum Gasteiger partial charge on any atom is -0.304 e. The fourth-order valence-electron chi connectivity index (χ4n) is 2.17. The zero-order valence-electron chi connectivity index (χ0n) is 11.6. The van der Waals surface area contributed by atoms with Crippen LogP contribution in [0.1, 0.15) is 42.6 Å². The Kier molecular flexibility index (Phi) is 4.79. The van der Waals surface area contributed by atoms with Gasteiger partial charge in [-0.25, -0.2) is 0 Å². The standard InChI is InChI=1S/C17H17ClN2/c1-12(15-5-3-14(11-19)4-6-15)20-13(2)16-7-9-17(18)10-8-16/h3-10,12-13,20H,1-2H3. The second kappa shape index (κ2) is 6.56. The number of hydrogen-bond acceptors (Lipinski definition) is 2. The number of nitrogens with one attached hydrogen (secondary N) is 1. The minimum absolute atomic E-state index is 0.216. The lowest BCUT2D eigenvalue weighted by molar-refractivity contribution is 0.494. The van der Waals surface area contributed by atoms with Crippen molar-refractivity contribution >= 4 is 11.6 Å². The van der Waals surface area contributed by atoms with Gasteiger partial charge in [0.25, 0.3) is 0 Å². The van der Waals surface area contributed by atoms with Gasteiger partial charge in [0.15, 0.2) is 0 Å². The summed E-state index contributed by atoms with van der Waals surface area (Å²) in [6, 6.07) is 18.1. The maximum absolute atomic E-state index is 8.81. The molecular weight excluding hydrogens is 268 g/mol. The van der Waals surface area contributed by atoms with Crippen LogP contribution >= 0.6 is 11.6 Å². The lowest BCUT2D eigenvalue weighted by Crippen LogP contribution is -2.22. The Morgan fingerprint density at radius 2 is 1.35 bits per heavy atom. The highest BCUT2D eigenvalue weighted by atomic mass is 35.5. The first-order valence-corrected chi connectivity index (χ1v) is 6.99. The van der Waals surface area contributed by atoms with Crippen molar-refractivity contribution < 1.29 is 0 Å². The molecule has 102 valence electrons. The van der Waals surface area contributed by atoms with E-state index in [2.05, 4.69) is 25.2 Å². The van der Waals surface area contributed by atoms with Crippen molar-refractivity contribution in [2.24, 2.45) is 0 Å². The van der Waals surface area contributed by atoms with Gasteiger partial charge in [-0.2, -0.15) is 5.26 Å². The Hall–Kier alpha value is -1.82. The summed E-state index contributed by atoms with van der Waals surface area (Å²) in [5.41, 5.74) is 3.06. The molecule has 2 nitrogen and oxygen atoms in total. The van der Waals surface area contributed by atoms with Crippen LogP contribution in [0.3, 0.4) is 0 Å². The average Bonchev–Trinajstić information content (AvgIpc) is 2.48. The van der Waals surface area contributed by atoms with E-state index in [9.17, 15) is 0 Å². The quantitative estimate of drug-likeness (QED) is 0.889. The van der Waals surface area contributed by atoms with E-state index in [0.29, 0.717) is 5.56 Å². The number of benzene rings is 2. The largest absolute Gasteiger partial charge is 0.304 e. The van der Waals surface area contributed by atoms with Crippen molar-refractivity contribution in [3.8, 4) is 6.07 Å². The first kappa shape index (κ1) is 14.6. The van der Waals surface area contributed by atoms with Crippen LogP contribution in [0, 0.1) is 11.3 Å². The molecular formula is C17H17ClN2. The van der Waals surface area contributed by atoms with Crippen molar-refractivity contribution in [3.05, 3.63) is 70.2 Å². The van der Waals surface area contributed by atoms with Gasteiger partial charge in [0, 0.05) is 17.1 Å². The lowest BCUT2D eigenvalue weighted by atomic mass is 10.0. The molecule has 0 saturated carbocycles. The van der Waals surface area contributed by atoms with Gasteiger partial charge in [-0.1, -0.05) is 35.9 Å². The predicted molar refractivity (Wildman–Crippen MR) is 82.6 cm³/mol. The van der Waals surface area contributed by atoms with Crippen LogP contribution in [0.2, 0.25) is 5.02 Å². The zero-order chi connectivity index (χ0) is 14.5. The number of hydrogen-bond donors (Lipinski definition) is 1. The topological polar surface area (TPSA) is 35.8 Å². The van der Waals surface area contributed by atoms with Crippen LogP contribution in [0.25, 0.3) is 0 Å². The smallest absolute Gasteiger partial charge is 0.0991 e. The van der Waals surface area contributed by atoms with Crippen molar-refractivity contribution in [3.63, 3.8) is 0 Å². The Bertz CT molecular complexity index is 596. The molecule has 2 aromatic rings. The van der Waals surface area contributed by atoms with Gasteiger partial charge >= 0.3 is 0 Å². The molecule has 2 aromatic carbocycles. The van der Waals surface area contributed by atoms with Crippen LogP contribution < -0.4 is 5.32 Å². The number of halogens is 1. The van der Waals surface area contributed by atoms with Crippen molar-refractivity contribution in [2.45, 2.75) is 25.9 Å². The molecule has 0 aliphatic rings. The third kappa shape index (κ3) is 3.60. The summed E-state index contributed by atoms with van der Waals surface area (Å²) in [4.78, 5) is 0. The van der Waals surface area contributed by atoms with Crippen LogP contribution in [-0.4, -0.2) is 0 Å². The minimum atomic E-state index is 0.216. The third-order valence-electron chi connectivity index (χ3n) is 3.41. The van der Waals surface area contributed by atoms with E-state index in [4.69, 9.17) is 16.9 Å². The number of rotatable bonds is 4. The molecule has 0 aliphatic heterocycles. The fraction of sp³-hybridized carbons (Fsp3) is 0.235. The molecule has 0 spiro atoms. The van der Waals surface area contributed by atoms with E-state index in [1.807, 2.05) is 48.5 Å². The summed E-state index contributed by atoms with van der Waals surface area (Å²) >= 11 is 5.90. The van der Waals surface area contributed by atoms with Crippen molar-refractivity contribution in [2.75, 3.05) is 0 Å². The second-order valence-electron chi connectivity index (χ2n) is 4.90. The van der Waals surface area contributed by atoms with Gasteiger partial charge in [-0.05, 0) is 49.2 Å². The second-order valence-corrected chi connectivity index (χ2v) is 5.33. The summed E-state index contributed by atoms with van der Waals surface area (Å²) in [5.74, 6) is 0. The molecule has 0 aromatic heterocycles. The Balaban J connectivity index is 2.04. The summed E-state index contributed by atoms with van der Waals surface area (Å²) < 4.78 is 0. The van der Waals surface area contributed by atoms with Gasteiger partial charge in [0.1, 0.15) is 0 Å². The van der Waals surface area contributed by atoms with Crippen molar-refractivity contribution in [1.82, 2.24) is 5.32 Å². The SMILES string of the molecule is CC(NC(C)c1ccc(C#N)cc1)c1ccc(Cl)cc1. The first-order chi connectivity index (χ1) is 9.60. The van der Waals surface area contributed by atoms with E-state index in [1.54, 1.807) is 0 Å². The predicted octanol–water partition coefficient (Wildman–Crippen LogP) is 4.62. The first-order valence-electron chi connectivity index (χ1n) is 6.61. The molecule has 0 saturated heterocycles. The highest BCUT2D eigenvalue weighted by molar-refractivity contribution is 6.30. The zero-order valence-corrected chi connectivity index (χ0v) is 12.4. The van der Waals surface area contributed by atoms with Gasteiger partial charge in [-0.15, -0.1) is 0 Å². The monoisotopic (exact) mass is 284 g/mol. The molecule has 2 unspecified atom stereocenters. The molecule has 20 heavy (non-hydrogen) atoms. The molecule has 3 heteroatoms. The molecule has 0 aliphatic carbocycles. The molecule has 2 rings (SSSR count). The van der Waals surface area contributed by atoms with Crippen molar-refractivity contribution in [1.29, 1.82) is 5.26 Å². The summed E-state index contributed by atoms with van der Waals surface area (Å²) in [6.45, 7) is 4.25. The molecule has 0 heterocycles. The van der Waals surface area contributed by atoms with Gasteiger partial charge in [-0.3, -0.25) is 0 Å². The summed E-state index contributed by atoms with van der Waals surface area (Å²) in [6.07, 6.45) is 0. The van der Waals surface area contributed by atoms with Crippen LogP contribution in [0.5, 0.6) is 0 Å². The lowest BCUT2D eigenvalue weighted by Gasteiger charge is -2.21. The Morgan fingerprint density at radius 3 is 1.80 bits per heavy atom. The molecule has 2 atom stereocenters. The summed E-state index contributed by atoms with van der Waals surface area (Å²) in [5, 5.41) is 13.1. The van der Waals surface area contributed by atoms with Gasteiger partial charge < -0.3 is 5.32 Å². The van der Waals surface area contributed by atoms with E-state index < -0.39 is 0 Å². The third-order valence-corrected chi connectivity index (χ3v) is 3.66. The van der Waals surface area contributed by atoms with Crippen LogP contribution in [-0.2, 0) is 0 Å². The normalized spacial score (nSPS) is 13.5. The van der Waals surface area contributed by atoms with Gasteiger partial charge in [0.2, 0.25) is 0 Å².